The van der Waals surface area contributed by atoms with Crippen LogP contribution < -0.4 is 20.1 Å². The number of nitrogens with zero attached hydrogens (tertiary/aromatic N) is 7. The van der Waals surface area contributed by atoms with Crippen molar-refractivity contribution in [3.05, 3.63) is 72.3 Å². The maximum atomic E-state index is 13.7. The summed E-state index contributed by atoms with van der Waals surface area (Å²) in [6.45, 7) is 4.87. The number of amides is 3. The number of methoxy groups -OCH3 is 1. The number of carbonyl (C=O) groups is 3. The predicted octanol–water partition coefficient (Wildman–Crippen LogP) is 1.39. The van der Waals surface area contributed by atoms with Gasteiger partial charge < -0.3 is 29.6 Å². The van der Waals surface area contributed by atoms with E-state index < -0.39 is 11.9 Å². The molecule has 5 rings (SSSR count). The number of carbonyl (C=O) groups excluding carboxylic acids is 3. The van der Waals surface area contributed by atoms with Gasteiger partial charge in [-0.15, -0.1) is 5.10 Å². The van der Waals surface area contributed by atoms with Crippen LogP contribution in [0.2, 0.25) is 0 Å². The number of aromatic nitrogens is 6. The van der Waals surface area contributed by atoms with Crippen LogP contribution in [0.15, 0.2) is 61.2 Å². The molecule has 2 bridgehead atoms. The molecule has 230 valence electrons. The second-order valence-electron chi connectivity index (χ2n) is 10.7. The van der Waals surface area contributed by atoms with E-state index >= 15 is 0 Å². The Hall–Kier alpha value is -5.27. The first-order valence-electron chi connectivity index (χ1n) is 14.3. The molecule has 0 radical (unpaired) electrons. The minimum absolute atomic E-state index is 0.0821. The third kappa shape index (κ3) is 7.19. The van der Waals surface area contributed by atoms with Crippen molar-refractivity contribution in [2.75, 3.05) is 33.4 Å². The molecule has 0 saturated heterocycles. The zero-order valence-corrected chi connectivity index (χ0v) is 24.8. The summed E-state index contributed by atoms with van der Waals surface area (Å²) in [6.07, 6.45) is 5.04. The first-order valence-corrected chi connectivity index (χ1v) is 14.3. The normalized spacial score (nSPS) is 16.4. The summed E-state index contributed by atoms with van der Waals surface area (Å²) in [5, 5.41) is 16.9. The van der Waals surface area contributed by atoms with Crippen LogP contribution in [0.5, 0.6) is 11.5 Å². The molecule has 4 aromatic rings. The lowest BCUT2D eigenvalue weighted by molar-refractivity contribution is -0.130. The van der Waals surface area contributed by atoms with Gasteiger partial charge in [-0.05, 0) is 52.2 Å². The second kappa shape index (κ2) is 13.8. The molecule has 14 heteroatoms. The first-order chi connectivity index (χ1) is 21.3. The number of rotatable bonds is 5. The Bertz CT molecular complexity index is 1580. The van der Waals surface area contributed by atoms with Gasteiger partial charge in [0.05, 0.1) is 26.7 Å². The van der Waals surface area contributed by atoms with Gasteiger partial charge in [0.15, 0.2) is 11.5 Å². The summed E-state index contributed by atoms with van der Waals surface area (Å²) in [5.74, 6) is 0.397. The van der Waals surface area contributed by atoms with E-state index in [0.717, 1.165) is 11.1 Å². The molecule has 1 atom stereocenters. The number of ether oxygens (including phenoxy) is 2. The van der Waals surface area contributed by atoms with Crippen molar-refractivity contribution < 1.29 is 23.9 Å². The Labute approximate surface area is 254 Å². The maximum absolute atomic E-state index is 13.7. The predicted molar refractivity (Wildman–Crippen MR) is 159 cm³/mol. The fourth-order valence-corrected chi connectivity index (χ4v) is 4.91. The number of hydrogen-bond donors (Lipinski definition) is 2. The SMILES string of the molecule is COc1ccc2cc1OCCN(C(=O)c1ccc(Cn3cnnn3)cc1)CC(=O)N[C@H](C(C)C)C(=O)NCCn1ccnc1-2. The summed E-state index contributed by atoms with van der Waals surface area (Å²) in [7, 11) is 1.55. The van der Waals surface area contributed by atoms with E-state index in [9.17, 15) is 14.4 Å². The number of imidazole rings is 1. The maximum Gasteiger partial charge on any atom is 0.254 e. The fraction of sp³-hybridized carbons (Fsp3) is 0.367. The Morgan fingerprint density at radius 3 is 2.68 bits per heavy atom. The van der Waals surface area contributed by atoms with E-state index in [-0.39, 0.29) is 37.4 Å². The fourth-order valence-electron chi connectivity index (χ4n) is 4.91. The van der Waals surface area contributed by atoms with Crippen LogP contribution in [0.25, 0.3) is 11.4 Å². The van der Waals surface area contributed by atoms with E-state index in [4.69, 9.17) is 9.47 Å². The van der Waals surface area contributed by atoms with Crippen LogP contribution in [0.1, 0.15) is 29.8 Å². The smallest absolute Gasteiger partial charge is 0.254 e. The van der Waals surface area contributed by atoms with Gasteiger partial charge in [-0.2, -0.15) is 0 Å². The summed E-state index contributed by atoms with van der Waals surface area (Å²) in [5.41, 5.74) is 2.10. The summed E-state index contributed by atoms with van der Waals surface area (Å²) in [4.78, 5) is 46.0. The molecule has 14 nitrogen and oxygen atoms in total. The van der Waals surface area contributed by atoms with E-state index in [0.29, 0.717) is 42.5 Å². The monoisotopic (exact) mass is 601 g/mol. The molecule has 3 heterocycles. The molecule has 2 aromatic heterocycles. The highest BCUT2D eigenvalue weighted by Gasteiger charge is 2.27. The Morgan fingerprint density at radius 2 is 1.95 bits per heavy atom. The van der Waals surface area contributed by atoms with Crippen LogP contribution in [-0.4, -0.2) is 91.8 Å². The van der Waals surface area contributed by atoms with Crippen molar-refractivity contribution in [3.63, 3.8) is 0 Å². The molecular weight excluding hydrogens is 566 g/mol. The van der Waals surface area contributed by atoms with Gasteiger partial charge in [0.1, 0.15) is 24.8 Å². The molecule has 2 N–H and O–H groups in total. The lowest BCUT2D eigenvalue weighted by atomic mass is 10.0. The quantitative estimate of drug-likeness (QED) is 0.345. The van der Waals surface area contributed by atoms with Gasteiger partial charge in [-0.3, -0.25) is 14.4 Å². The van der Waals surface area contributed by atoms with Gasteiger partial charge in [0.25, 0.3) is 5.91 Å². The average molecular weight is 602 g/mol. The van der Waals surface area contributed by atoms with Gasteiger partial charge >= 0.3 is 0 Å². The van der Waals surface area contributed by atoms with Crippen LogP contribution in [-0.2, 0) is 22.7 Å². The second-order valence-corrected chi connectivity index (χ2v) is 10.7. The third-order valence-electron chi connectivity index (χ3n) is 7.23. The van der Waals surface area contributed by atoms with Crippen LogP contribution in [0.3, 0.4) is 0 Å². The molecule has 0 aliphatic carbocycles. The highest BCUT2D eigenvalue weighted by molar-refractivity contribution is 5.97. The lowest BCUT2D eigenvalue weighted by Crippen LogP contribution is -2.53. The van der Waals surface area contributed by atoms with Gasteiger partial charge in [0, 0.05) is 36.6 Å². The standard InChI is InChI=1S/C30H35N9O5/c1-20(2)27-29(41)32-11-13-37-12-10-31-28(37)23-8-9-24(43-3)25(16-23)44-15-14-38(18-26(40)34-27)30(42)22-6-4-21(5-7-22)17-39-19-33-35-36-39/h4-10,12,16,19-20,27H,11,13-15,17-18H2,1-3H3,(H,32,41)(H,34,40)/t27-/m1/s1. The van der Waals surface area contributed by atoms with Crippen molar-refractivity contribution in [3.8, 4) is 22.9 Å². The van der Waals surface area contributed by atoms with Gasteiger partial charge in [-0.1, -0.05) is 26.0 Å². The van der Waals surface area contributed by atoms with Crippen molar-refractivity contribution in [1.29, 1.82) is 0 Å². The first kappa shape index (κ1) is 30.2. The van der Waals surface area contributed by atoms with Crippen molar-refractivity contribution in [1.82, 2.24) is 45.3 Å². The van der Waals surface area contributed by atoms with E-state index in [1.165, 1.54) is 11.2 Å². The number of fused-ring (bicyclic) bond motifs is 4. The average Bonchev–Trinajstić information content (AvgIpc) is 3.71. The van der Waals surface area contributed by atoms with Crippen molar-refractivity contribution >= 4 is 17.7 Å². The van der Waals surface area contributed by atoms with Crippen LogP contribution >= 0.6 is 0 Å². The van der Waals surface area contributed by atoms with Crippen LogP contribution in [0, 0.1) is 5.92 Å². The van der Waals surface area contributed by atoms with Crippen molar-refractivity contribution in [2.24, 2.45) is 5.92 Å². The summed E-state index contributed by atoms with van der Waals surface area (Å²) >= 11 is 0. The molecule has 0 spiro atoms. The number of nitrogens with one attached hydrogen (secondary N) is 2. The van der Waals surface area contributed by atoms with Crippen LogP contribution in [0.4, 0.5) is 0 Å². The molecule has 0 fully saturated rings. The van der Waals surface area contributed by atoms with Crippen molar-refractivity contribution in [2.45, 2.75) is 33.0 Å². The van der Waals surface area contributed by atoms with Gasteiger partial charge in [0.2, 0.25) is 11.8 Å². The third-order valence-corrected chi connectivity index (χ3v) is 7.23. The zero-order valence-electron chi connectivity index (χ0n) is 24.8. The highest BCUT2D eigenvalue weighted by Crippen LogP contribution is 2.32. The minimum atomic E-state index is -0.779. The van der Waals surface area contributed by atoms with Gasteiger partial charge in [-0.25, -0.2) is 9.67 Å². The number of benzene rings is 2. The Balaban J connectivity index is 1.41. The molecule has 1 aliphatic heterocycles. The molecule has 44 heavy (non-hydrogen) atoms. The van der Waals surface area contributed by atoms with E-state index in [1.54, 1.807) is 36.2 Å². The Morgan fingerprint density at radius 1 is 1.14 bits per heavy atom. The highest BCUT2D eigenvalue weighted by atomic mass is 16.5. The molecular formula is C30H35N9O5. The molecule has 0 unspecified atom stereocenters. The summed E-state index contributed by atoms with van der Waals surface area (Å²) < 4.78 is 15.1. The summed E-state index contributed by atoms with van der Waals surface area (Å²) in [6, 6.07) is 11.7. The molecule has 2 aromatic carbocycles. The minimum Gasteiger partial charge on any atom is -0.493 e. The molecule has 1 aliphatic rings. The zero-order chi connectivity index (χ0) is 31.1. The number of hydrogen-bond acceptors (Lipinski definition) is 9. The largest absolute Gasteiger partial charge is 0.493 e. The number of tetrazole rings is 1. The topological polar surface area (TPSA) is 158 Å². The Kier molecular flexibility index (Phi) is 9.47. The van der Waals surface area contributed by atoms with E-state index in [2.05, 4.69) is 31.1 Å². The van der Waals surface area contributed by atoms with E-state index in [1.807, 2.05) is 48.9 Å². The lowest BCUT2D eigenvalue weighted by Gasteiger charge is -2.26. The molecule has 0 saturated carbocycles. The molecule has 3 amide bonds.